The van der Waals surface area contributed by atoms with Gasteiger partial charge < -0.3 is 15.0 Å². The first kappa shape index (κ1) is 23.2. The predicted octanol–water partition coefficient (Wildman–Crippen LogP) is 3.74. The van der Waals surface area contributed by atoms with E-state index in [2.05, 4.69) is 15.5 Å². The van der Waals surface area contributed by atoms with Gasteiger partial charge in [-0.15, -0.1) is 10.2 Å². The minimum Gasteiger partial charge on any atom is -0.378 e. The highest BCUT2D eigenvalue weighted by Crippen LogP contribution is 2.30. The molecule has 0 saturated carbocycles. The summed E-state index contributed by atoms with van der Waals surface area (Å²) in [5.41, 5.74) is 1.38. The van der Waals surface area contributed by atoms with Gasteiger partial charge in [-0.3, -0.25) is 9.36 Å². The lowest BCUT2D eigenvalue weighted by molar-refractivity contribution is -0.120. The number of nitrogens with zero attached hydrogens (tertiary/aromatic N) is 4. The zero-order valence-electron chi connectivity index (χ0n) is 18.4. The average molecular weight is 474 g/mol. The van der Waals surface area contributed by atoms with Crippen LogP contribution in [0.5, 0.6) is 0 Å². The highest BCUT2D eigenvalue weighted by molar-refractivity contribution is 8.00. The molecule has 2 atom stereocenters. The molecular formula is C23H25F2N5O2S. The zero-order chi connectivity index (χ0) is 23.4. The standard InChI is InChI=1S/C23H25F2N5O2S/c1-15(17-6-8-18(24)9-7-17)26-21(31)16(2)33-23-28-27-22(29-10-12-32-13-11-29)30(23)20-5-3-4-19(25)14-20/h3-9,14-16H,10-13H2,1-2H3,(H,26,31). The number of carbonyl (C=O) groups excluding carboxylic acids is 1. The van der Waals surface area contributed by atoms with E-state index >= 15 is 0 Å². The molecule has 1 aliphatic heterocycles. The van der Waals surface area contributed by atoms with Crippen molar-refractivity contribution >= 4 is 23.6 Å². The summed E-state index contributed by atoms with van der Waals surface area (Å²) in [6.07, 6.45) is 0. The number of morpholine rings is 1. The second kappa shape index (κ2) is 10.3. The summed E-state index contributed by atoms with van der Waals surface area (Å²) in [7, 11) is 0. The van der Waals surface area contributed by atoms with Crippen LogP contribution in [-0.2, 0) is 9.53 Å². The number of hydrogen-bond donors (Lipinski definition) is 1. The number of aromatic nitrogens is 3. The number of benzene rings is 2. The molecule has 7 nitrogen and oxygen atoms in total. The maximum atomic E-state index is 14.0. The molecule has 2 heterocycles. The third-order valence-corrected chi connectivity index (χ3v) is 6.40. The molecule has 1 saturated heterocycles. The summed E-state index contributed by atoms with van der Waals surface area (Å²) in [5, 5.41) is 11.6. The molecule has 1 N–H and O–H groups in total. The van der Waals surface area contributed by atoms with Crippen LogP contribution >= 0.6 is 11.8 Å². The molecule has 0 spiro atoms. The average Bonchev–Trinajstić information content (AvgIpc) is 3.23. The Labute approximate surface area is 195 Å². The summed E-state index contributed by atoms with van der Waals surface area (Å²) >= 11 is 1.24. The molecule has 3 aromatic rings. The van der Waals surface area contributed by atoms with Crippen molar-refractivity contribution in [2.24, 2.45) is 0 Å². The van der Waals surface area contributed by atoms with E-state index in [-0.39, 0.29) is 23.6 Å². The topological polar surface area (TPSA) is 72.3 Å². The van der Waals surface area contributed by atoms with Gasteiger partial charge in [0.15, 0.2) is 5.16 Å². The van der Waals surface area contributed by atoms with Crippen LogP contribution in [-0.4, -0.2) is 52.2 Å². The highest BCUT2D eigenvalue weighted by Gasteiger charge is 2.25. The fourth-order valence-corrected chi connectivity index (χ4v) is 4.40. The van der Waals surface area contributed by atoms with E-state index in [4.69, 9.17) is 4.74 Å². The van der Waals surface area contributed by atoms with Gasteiger partial charge in [-0.05, 0) is 49.7 Å². The van der Waals surface area contributed by atoms with E-state index < -0.39 is 5.25 Å². The molecule has 10 heteroatoms. The Morgan fingerprint density at radius 1 is 1.06 bits per heavy atom. The molecule has 33 heavy (non-hydrogen) atoms. The lowest BCUT2D eigenvalue weighted by atomic mass is 10.1. The quantitative estimate of drug-likeness (QED) is 0.527. The maximum Gasteiger partial charge on any atom is 0.233 e. The van der Waals surface area contributed by atoms with Gasteiger partial charge in [0.1, 0.15) is 11.6 Å². The summed E-state index contributed by atoms with van der Waals surface area (Å²) in [5.74, 6) is -0.310. The summed E-state index contributed by atoms with van der Waals surface area (Å²) in [6, 6.07) is 11.9. The molecule has 1 amide bonds. The fourth-order valence-electron chi connectivity index (χ4n) is 3.53. The van der Waals surface area contributed by atoms with Crippen molar-refractivity contribution in [3.05, 3.63) is 65.7 Å². The molecule has 1 aliphatic rings. The van der Waals surface area contributed by atoms with E-state index in [0.29, 0.717) is 43.1 Å². The number of nitrogens with one attached hydrogen (secondary N) is 1. The molecular weight excluding hydrogens is 448 g/mol. The predicted molar refractivity (Wildman–Crippen MR) is 123 cm³/mol. The van der Waals surface area contributed by atoms with E-state index in [1.807, 2.05) is 11.8 Å². The van der Waals surface area contributed by atoms with Crippen molar-refractivity contribution in [3.63, 3.8) is 0 Å². The molecule has 0 bridgehead atoms. The molecule has 174 valence electrons. The van der Waals surface area contributed by atoms with E-state index in [1.165, 1.54) is 36.0 Å². The Hall–Kier alpha value is -2.98. The Morgan fingerprint density at radius 2 is 1.79 bits per heavy atom. The third-order valence-electron chi connectivity index (χ3n) is 5.36. The maximum absolute atomic E-state index is 14.0. The van der Waals surface area contributed by atoms with Gasteiger partial charge in [0, 0.05) is 13.1 Å². The number of thioether (sulfide) groups is 1. The van der Waals surface area contributed by atoms with Gasteiger partial charge in [-0.2, -0.15) is 0 Å². The van der Waals surface area contributed by atoms with Crippen molar-refractivity contribution in [3.8, 4) is 5.69 Å². The number of hydrogen-bond acceptors (Lipinski definition) is 6. The largest absolute Gasteiger partial charge is 0.378 e. The number of anilines is 1. The van der Waals surface area contributed by atoms with Crippen molar-refractivity contribution in [2.75, 3.05) is 31.2 Å². The van der Waals surface area contributed by atoms with Crippen LogP contribution in [0.2, 0.25) is 0 Å². The van der Waals surface area contributed by atoms with E-state index in [1.54, 1.807) is 35.8 Å². The number of amides is 1. The normalized spacial score (nSPS) is 15.8. The number of rotatable bonds is 7. The van der Waals surface area contributed by atoms with Gasteiger partial charge in [0.25, 0.3) is 0 Å². The van der Waals surface area contributed by atoms with E-state index in [9.17, 15) is 13.6 Å². The lowest BCUT2D eigenvalue weighted by Crippen LogP contribution is -2.38. The van der Waals surface area contributed by atoms with Gasteiger partial charge in [-0.1, -0.05) is 30.0 Å². The van der Waals surface area contributed by atoms with Crippen molar-refractivity contribution in [2.45, 2.75) is 30.3 Å². The Kier molecular flexibility index (Phi) is 7.24. The highest BCUT2D eigenvalue weighted by atomic mass is 32.2. The molecule has 4 rings (SSSR count). The molecule has 0 radical (unpaired) electrons. The second-order valence-corrected chi connectivity index (χ2v) is 9.05. The first-order valence-electron chi connectivity index (χ1n) is 10.7. The van der Waals surface area contributed by atoms with Crippen LogP contribution < -0.4 is 10.2 Å². The monoisotopic (exact) mass is 473 g/mol. The molecule has 1 fully saturated rings. The van der Waals surface area contributed by atoms with E-state index in [0.717, 1.165) is 5.56 Å². The minimum absolute atomic E-state index is 0.196. The lowest BCUT2D eigenvalue weighted by Gasteiger charge is -2.28. The van der Waals surface area contributed by atoms with Gasteiger partial charge in [0.2, 0.25) is 11.9 Å². The SMILES string of the molecule is CC(Sc1nnc(N2CCOCC2)n1-c1cccc(F)c1)C(=O)NC(C)c1ccc(F)cc1. The molecule has 1 aromatic heterocycles. The zero-order valence-corrected chi connectivity index (χ0v) is 19.2. The second-order valence-electron chi connectivity index (χ2n) is 7.74. The number of ether oxygens (including phenoxy) is 1. The first-order chi connectivity index (χ1) is 15.9. The van der Waals surface area contributed by atoms with Crippen molar-refractivity contribution in [1.29, 1.82) is 0 Å². The van der Waals surface area contributed by atoms with Crippen LogP contribution in [0, 0.1) is 11.6 Å². The molecule has 2 unspecified atom stereocenters. The minimum atomic E-state index is -0.498. The number of carbonyl (C=O) groups is 1. The van der Waals surface area contributed by atoms with Crippen LogP contribution in [0.1, 0.15) is 25.5 Å². The van der Waals surface area contributed by atoms with Crippen LogP contribution in [0.4, 0.5) is 14.7 Å². The summed E-state index contributed by atoms with van der Waals surface area (Å²) < 4.78 is 34.4. The van der Waals surface area contributed by atoms with Crippen LogP contribution in [0.25, 0.3) is 5.69 Å². The van der Waals surface area contributed by atoms with Crippen LogP contribution in [0.3, 0.4) is 0 Å². The smallest absolute Gasteiger partial charge is 0.233 e. The van der Waals surface area contributed by atoms with Crippen molar-refractivity contribution < 1.29 is 18.3 Å². The van der Waals surface area contributed by atoms with Gasteiger partial charge in [-0.25, -0.2) is 8.78 Å². The van der Waals surface area contributed by atoms with Gasteiger partial charge in [0.05, 0.1) is 30.2 Å². The number of halogens is 2. The van der Waals surface area contributed by atoms with Crippen LogP contribution in [0.15, 0.2) is 53.7 Å². The molecule has 0 aliphatic carbocycles. The van der Waals surface area contributed by atoms with Crippen molar-refractivity contribution in [1.82, 2.24) is 20.1 Å². The Morgan fingerprint density at radius 3 is 2.48 bits per heavy atom. The van der Waals surface area contributed by atoms with Gasteiger partial charge >= 0.3 is 0 Å². The molecule has 2 aromatic carbocycles. The first-order valence-corrected chi connectivity index (χ1v) is 11.6. The summed E-state index contributed by atoms with van der Waals surface area (Å²) in [4.78, 5) is 14.9. The Bertz CT molecular complexity index is 1100. The Balaban J connectivity index is 1.54. The summed E-state index contributed by atoms with van der Waals surface area (Å²) in [6.45, 7) is 6.04. The third kappa shape index (κ3) is 5.51. The fraction of sp³-hybridized carbons (Fsp3) is 0.348.